The second kappa shape index (κ2) is 4.02. The van der Waals surface area contributed by atoms with Crippen molar-refractivity contribution in [2.75, 3.05) is 18.5 Å². The summed E-state index contributed by atoms with van der Waals surface area (Å²) in [6, 6.07) is 2.26. The predicted octanol–water partition coefficient (Wildman–Crippen LogP) is 1.23. The number of pyridine rings is 1. The molecule has 3 heterocycles. The molecule has 0 aromatic carbocycles. The van der Waals surface area contributed by atoms with Gasteiger partial charge in [0.25, 0.3) is 0 Å². The first kappa shape index (κ1) is 9.47. The van der Waals surface area contributed by atoms with E-state index in [0.717, 1.165) is 36.2 Å². The van der Waals surface area contributed by atoms with E-state index >= 15 is 0 Å². The normalized spacial score (nSPS) is 20.1. The predicted molar refractivity (Wildman–Crippen MR) is 60.2 cm³/mol. The van der Waals surface area contributed by atoms with Gasteiger partial charge in [-0.3, -0.25) is 4.98 Å². The Labute approximate surface area is 92.9 Å². The van der Waals surface area contributed by atoms with Crippen LogP contribution in [-0.4, -0.2) is 34.4 Å². The Balaban J connectivity index is 1.96. The second-order valence-electron chi connectivity index (χ2n) is 3.86. The Bertz CT molecular complexity index is 491. The number of hydrogen-bond acceptors (Lipinski definition) is 5. The molecule has 1 N–H and O–H groups in total. The third kappa shape index (κ3) is 1.69. The minimum absolute atomic E-state index is 0.333. The van der Waals surface area contributed by atoms with Crippen LogP contribution in [0.4, 0.5) is 5.82 Å². The van der Waals surface area contributed by atoms with E-state index in [2.05, 4.69) is 20.5 Å². The van der Waals surface area contributed by atoms with Gasteiger partial charge in [0.15, 0.2) is 5.82 Å². The number of fused-ring (bicyclic) bond motifs is 1. The molecule has 0 bridgehead atoms. The van der Waals surface area contributed by atoms with Crippen molar-refractivity contribution in [2.24, 2.45) is 0 Å². The average molecular weight is 216 g/mol. The van der Waals surface area contributed by atoms with Gasteiger partial charge in [-0.15, -0.1) is 5.10 Å². The van der Waals surface area contributed by atoms with Crippen molar-refractivity contribution in [3.63, 3.8) is 0 Å². The monoisotopic (exact) mass is 216 g/mol. The number of ether oxygens (including phenoxy) is 1. The Morgan fingerprint density at radius 2 is 2.38 bits per heavy atom. The van der Waals surface area contributed by atoms with Gasteiger partial charge in [0, 0.05) is 29.8 Å². The first-order chi connectivity index (χ1) is 7.93. The molecule has 1 unspecified atom stereocenters. The average Bonchev–Trinajstić information content (AvgIpc) is 2.82. The van der Waals surface area contributed by atoms with Crippen molar-refractivity contribution >= 4 is 16.6 Å². The number of anilines is 1. The fourth-order valence-corrected chi connectivity index (χ4v) is 1.87. The zero-order chi connectivity index (χ0) is 10.8. The minimum atomic E-state index is 0.333. The molecule has 1 aliphatic heterocycles. The maximum absolute atomic E-state index is 5.32. The zero-order valence-corrected chi connectivity index (χ0v) is 8.76. The van der Waals surface area contributed by atoms with Gasteiger partial charge in [0.2, 0.25) is 0 Å². The summed E-state index contributed by atoms with van der Waals surface area (Å²) < 4.78 is 5.32. The lowest BCUT2D eigenvalue weighted by molar-refractivity contribution is 0.195. The maximum Gasteiger partial charge on any atom is 0.158 e. The SMILES string of the molecule is c1cc2cnnc(NC3CCOC3)c2cn1. The molecule has 1 fully saturated rings. The lowest BCUT2D eigenvalue weighted by Crippen LogP contribution is -2.20. The summed E-state index contributed by atoms with van der Waals surface area (Å²) in [4.78, 5) is 4.11. The van der Waals surface area contributed by atoms with Crippen LogP contribution in [0.5, 0.6) is 0 Å². The molecule has 0 aliphatic carbocycles. The number of hydrogen-bond donors (Lipinski definition) is 1. The highest BCUT2D eigenvalue weighted by molar-refractivity contribution is 5.90. The van der Waals surface area contributed by atoms with E-state index < -0.39 is 0 Å². The molecule has 0 amide bonds. The van der Waals surface area contributed by atoms with Gasteiger partial charge in [0.05, 0.1) is 18.8 Å². The fourth-order valence-electron chi connectivity index (χ4n) is 1.87. The Morgan fingerprint density at radius 3 is 3.25 bits per heavy atom. The number of aromatic nitrogens is 3. The first-order valence-corrected chi connectivity index (χ1v) is 5.33. The van der Waals surface area contributed by atoms with Crippen LogP contribution in [0.25, 0.3) is 10.8 Å². The van der Waals surface area contributed by atoms with E-state index in [1.54, 1.807) is 12.4 Å². The van der Waals surface area contributed by atoms with Crippen LogP contribution in [0.3, 0.4) is 0 Å². The van der Waals surface area contributed by atoms with E-state index in [9.17, 15) is 0 Å². The fraction of sp³-hybridized carbons (Fsp3) is 0.364. The van der Waals surface area contributed by atoms with Gasteiger partial charge in [-0.1, -0.05) is 0 Å². The lowest BCUT2D eigenvalue weighted by atomic mass is 10.2. The molecular formula is C11H12N4O. The zero-order valence-electron chi connectivity index (χ0n) is 8.76. The van der Waals surface area contributed by atoms with Crippen molar-refractivity contribution in [1.82, 2.24) is 15.2 Å². The molecule has 0 spiro atoms. The van der Waals surface area contributed by atoms with E-state index in [0.29, 0.717) is 6.04 Å². The van der Waals surface area contributed by atoms with E-state index in [4.69, 9.17) is 4.74 Å². The van der Waals surface area contributed by atoms with Crippen molar-refractivity contribution in [3.8, 4) is 0 Å². The van der Waals surface area contributed by atoms with E-state index in [1.165, 1.54) is 0 Å². The van der Waals surface area contributed by atoms with Crippen LogP contribution >= 0.6 is 0 Å². The smallest absolute Gasteiger partial charge is 0.158 e. The second-order valence-corrected chi connectivity index (χ2v) is 3.86. The first-order valence-electron chi connectivity index (χ1n) is 5.33. The highest BCUT2D eigenvalue weighted by atomic mass is 16.5. The number of nitrogens with one attached hydrogen (secondary N) is 1. The highest BCUT2D eigenvalue weighted by Crippen LogP contribution is 2.20. The van der Waals surface area contributed by atoms with Gasteiger partial charge >= 0.3 is 0 Å². The van der Waals surface area contributed by atoms with Crippen LogP contribution in [0.2, 0.25) is 0 Å². The molecule has 1 atom stereocenters. The standard InChI is InChI=1S/C11H12N4O/c1-3-12-6-10-8(1)5-13-15-11(10)14-9-2-4-16-7-9/h1,3,5-6,9H,2,4,7H2,(H,14,15). The van der Waals surface area contributed by atoms with Gasteiger partial charge in [-0.25, -0.2) is 0 Å². The van der Waals surface area contributed by atoms with Gasteiger partial charge in [-0.05, 0) is 12.5 Å². The molecule has 5 heteroatoms. The molecule has 16 heavy (non-hydrogen) atoms. The molecule has 1 saturated heterocycles. The summed E-state index contributed by atoms with van der Waals surface area (Å²) in [5.41, 5.74) is 0. The number of nitrogens with zero attached hydrogens (tertiary/aromatic N) is 3. The van der Waals surface area contributed by atoms with Crippen LogP contribution in [-0.2, 0) is 4.74 Å². The quantitative estimate of drug-likeness (QED) is 0.818. The van der Waals surface area contributed by atoms with Crippen molar-refractivity contribution in [1.29, 1.82) is 0 Å². The summed E-state index contributed by atoms with van der Waals surface area (Å²) in [5, 5.41) is 13.5. The molecule has 5 nitrogen and oxygen atoms in total. The van der Waals surface area contributed by atoms with Crippen molar-refractivity contribution in [2.45, 2.75) is 12.5 Å². The topological polar surface area (TPSA) is 59.9 Å². The lowest BCUT2D eigenvalue weighted by Gasteiger charge is -2.11. The van der Waals surface area contributed by atoms with Gasteiger partial charge in [0.1, 0.15) is 0 Å². The van der Waals surface area contributed by atoms with Crippen LogP contribution in [0.1, 0.15) is 6.42 Å². The number of rotatable bonds is 2. The maximum atomic E-state index is 5.32. The van der Waals surface area contributed by atoms with Gasteiger partial charge in [-0.2, -0.15) is 5.10 Å². The summed E-state index contributed by atoms with van der Waals surface area (Å²) >= 11 is 0. The van der Waals surface area contributed by atoms with Crippen LogP contribution in [0, 0.1) is 0 Å². The minimum Gasteiger partial charge on any atom is -0.379 e. The van der Waals surface area contributed by atoms with Crippen molar-refractivity contribution < 1.29 is 4.74 Å². The van der Waals surface area contributed by atoms with Crippen LogP contribution < -0.4 is 5.32 Å². The largest absolute Gasteiger partial charge is 0.379 e. The summed E-state index contributed by atoms with van der Waals surface area (Å²) in [6.07, 6.45) is 6.32. The molecule has 3 rings (SSSR count). The Hall–Kier alpha value is -1.75. The van der Waals surface area contributed by atoms with Crippen LogP contribution in [0.15, 0.2) is 24.7 Å². The summed E-state index contributed by atoms with van der Waals surface area (Å²) in [7, 11) is 0. The Morgan fingerprint density at radius 1 is 1.38 bits per heavy atom. The highest BCUT2D eigenvalue weighted by Gasteiger charge is 2.16. The summed E-state index contributed by atoms with van der Waals surface area (Å²) in [6.45, 7) is 1.55. The van der Waals surface area contributed by atoms with E-state index in [-0.39, 0.29) is 0 Å². The third-order valence-electron chi connectivity index (χ3n) is 2.74. The molecule has 2 aromatic heterocycles. The Kier molecular flexibility index (Phi) is 2.38. The molecule has 1 aliphatic rings. The molecule has 0 saturated carbocycles. The van der Waals surface area contributed by atoms with Crippen molar-refractivity contribution in [3.05, 3.63) is 24.7 Å². The molecule has 2 aromatic rings. The molecule has 0 radical (unpaired) electrons. The summed E-state index contributed by atoms with van der Waals surface area (Å²) in [5.74, 6) is 0.793. The van der Waals surface area contributed by atoms with E-state index in [1.807, 2.05) is 12.3 Å². The molecular weight excluding hydrogens is 204 g/mol. The third-order valence-corrected chi connectivity index (χ3v) is 2.74. The molecule has 82 valence electrons. The van der Waals surface area contributed by atoms with Gasteiger partial charge < -0.3 is 10.1 Å².